The van der Waals surface area contributed by atoms with Gasteiger partial charge in [0.2, 0.25) is 0 Å². The van der Waals surface area contributed by atoms with Crippen molar-refractivity contribution in [3.05, 3.63) is 29.8 Å². The maximum atomic E-state index is 12.7. The number of benzene rings is 1. The zero-order valence-electron chi connectivity index (χ0n) is 13.7. The number of rotatable bonds is 8. The van der Waals surface area contributed by atoms with E-state index in [9.17, 15) is 3.89 Å². The lowest BCUT2D eigenvalue weighted by atomic mass is 9.90. The molecule has 0 amide bonds. The molecule has 120 valence electrons. The Morgan fingerprint density at radius 2 is 2.05 bits per heavy atom. The van der Waals surface area contributed by atoms with E-state index in [0.717, 1.165) is 31.6 Å². The van der Waals surface area contributed by atoms with Gasteiger partial charge >= 0.3 is 0 Å². The van der Waals surface area contributed by atoms with Gasteiger partial charge in [-0.3, -0.25) is 4.90 Å². The summed E-state index contributed by atoms with van der Waals surface area (Å²) < 4.78 is 12.7. The van der Waals surface area contributed by atoms with Gasteiger partial charge in [0.05, 0.1) is 12.1 Å². The standard InChI is InChI=1S/C17H29FN2S/c1-14(19)12-20(10-6-9-17(2,3)4)13-15-7-5-8-16(11-15)21-18/h5,7-8,11,14H,6,9-10,12-13,19H2,1-4H3. The summed E-state index contributed by atoms with van der Waals surface area (Å²) in [4.78, 5) is 3.04. The molecule has 0 radical (unpaired) electrons. The maximum absolute atomic E-state index is 12.7. The highest BCUT2D eigenvalue weighted by molar-refractivity contribution is 7.94. The fraction of sp³-hybridized carbons (Fsp3) is 0.647. The Balaban J connectivity index is 2.60. The van der Waals surface area contributed by atoms with Crippen molar-refractivity contribution < 1.29 is 3.89 Å². The fourth-order valence-electron chi connectivity index (χ4n) is 2.43. The van der Waals surface area contributed by atoms with Gasteiger partial charge < -0.3 is 5.73 Å². The number of nitrogens with two attached hydrogens (primary N) is 1. The van der Waals surface area contributed by atoms with Crippen LogP contribution in [0.4, 0.5) is 3.89 Å². The molecule has 2 N–H and O–H groups in total. The van der Waals surface area contributed by atoms with Crippen LogP contribution in [0.3, 0.4) is 0 Å². The first-order chi connectivity index (χ1) is 9.80. The summed E-state index contributed by atoms with van der Waals surface area (Å²) in [6, 6.07) is 7.83. The van der Waals surface area contributed by atoms with Crippen molar-refractivity contribution in [1.82, 2.24) is 4.90 Å². The maximum Gasteiger partial charge on any atom is 0.0812 e. The highest BCUT2D eigenvalue weighted by Crippen LogP contribution is 2.22. The second-order valence-corrected chi connectivity index (χ2v) is 7.73. The first-order valence-corrected chi connectivity index (χ1v) is 8.37. The summed E-state index contributed by atoms with van der Waals surface area (Å²) in [5.74, 6) is 0. The molecule has 1 rings (SSSR count). The second-order valence-electron chi connectivity index (χ2n) is 7.10. The molecule has 1 atom stereocenters. The second kappa shape index (κ2) is 8.76. The van der Waals surface area contributed by atoms with E-state index in [-0.39, 0.29) is 6.04 Å². The first-order valence-electron chi connectivity index (χ1n) is 7.65. The molecular formula is C17H29FN2S. The van der Waals surface area contributed by atoms with Gasteiger partial charge in [-0.15, -0.1) is 0 Å². The van der Waals surface area contributed by atoms with Gasteiger partial charge in [0.1, 0.15) is 0 Å². The lowest BCUT2D eigenvalue weighted by Crippen LogP contribution is -2.36. The number of hydrogen-bond acceptors (Lipinski definition) is 3. The van der Waals surface area contributed by atoms with E-state index in [1.807, 2.05) is 19.1 Å². The summed E-state index contributed by atoms with van der Waals surface area (Å²) in [5.41, 5.74) is 7.47. The average molecular weight is 312 g/mol. The SMILES string of the molecule is CC(N)CN(CCCC(C)(C)C)Cc1cccc(SF)c1. The molecule has 0 aromatic heterocycles. The molecule has 0 aliphatic heterocycles. The molecule has 0 saturated carbocycles. The van der Waals surface area contributed by atoms with Crippen molar-refractivity contribution in [3.8, 4) is 0 Å². The molecule has 0 heterocycles. The molecule has 1 unspecified atom stereocenters. The minimum Gasteiger partial charge on any atom is -0.327 e. The van der Waals surface area contributed by atoms with Gasteiger partial charge in [0, 0.05) is 24.0 Å². The molecule has 4 heteroatoms. The van der Waals surface area contributed by atoms with Crippen LogP contribution in [-0.4, -0.2) is 24.0 Å². The average Bonchev–Trinajstić information content (AvgIpc) is 2.36. The van der Waals surface area contributed by atoms with Crippen molar-refractivity contribution >= 4 is 12.1 Å². The van der Waals surface area contributed by atoms with Crippen LogP contribution in [0, 0.1) is 5.41 Å². The summed E-state index contributed by atoms with van der Waals surface area (Å²) in [5, 5.41) is 0. The van der Waals surface area contributed by atoms with E-state index in [2.05, 4.69) is 31.7 Å². The Labute approximate surface area is 133 Å². The van der Waals surface area contributed by atoms with E-state index in [4.69, 9.17) is 5.73 Å². The van der Waals surface area contributed by atoms with E-state index < -0.39 is 0 Å². The summed E-state index contributed by atoms with van der Waals surface area (Å²) >= 11 is 0.302. The van der Waals surface area contributed by atoms with Crippen molar-refractivity contribution in [2.45, 2.75) is 58.0 Å². The molecule has 1 aromatic carbocycles. The smallest absolute Gasteiger partial charge is 0.0812 e. The highest BCUT2D eigenvalue weighted by atomic mass is 32.2. The van der Waals surface area contributed by atoms with Gasteiger partial charge in [0.25, 0.3) is 0 Å². The Bertz CT molecular complexity index is 415. The zero-order chi connectivity index (χ0) is 15.9. The Morgan fingerprint density at radius 1 is 1.33 bits per heavy atom. The van der Waals surface area contributed by atoms with Gasteiger partial charge in [0.15, 0.2) is 0 Å². The minimum atomic E-state index is 0.151. The van der Waals surface area contributed by atoms with Gasteiger partial charge in [-0.05, 0) is 49.4 Å². The van der Waals surface area contributed by atoms with Crippen LogP contribution >= 0.6 is 12.1 Å². The van der Waals surface area contributed by atoms with Crippen LogP contribution in [0.15, 0.2) is 29.2 Å². The molecule has 21 heavy (non-hydrogen) atoms. The van der Waals surface area contributed by atoms with Crippen molar-refractivity contribution in [3.63, 3.8) is 0 Å². The lowest BCUT2D eigenvalue weighted by Gasteiger charge is -2.26. The molecular weight excluding hydrogens is 283 g/mol. The van der Waals surface area contributed by atoms with E-state index in [1.165, 1.54) is 6.42 Å². The molecule has 0 spiro atoms. The molecule has 0 saturated heterocycles. The van der Waals surface area contributed by atoms with Gasteiger partial charge in [-0.2, -0.15) is 3.89 Å². The number of halogens is 1. The predicted octanol–water partition coefficient (Wildman–Crippen LogP) is 4.64. The lowest BCUT2D eigenvalue weighted by molar-refractivity contribution is 0.231. The van der Waals surface area contributed by atoms with Crippen molar-refractivity contribution in [2.24, 2.45) is 11.1 Å². The van der Waals surface area contributed by atoms with E-state index >= 15 is 0 Å². The Hall–Kier alpha value is -0.580. The quantitative estimate of drug-likeness (QED) is 0.758. The first kappa shape index (κ1) is 18.5. The van der Waals surface area contributed by atoms with Crippen molar-refractivity contribution in [1.29, 1.82) is 0 Å². The number of nitrogens with zero attached hydrogens (tertiary/aromatic N) is 1. The van der Waals surface area contributed by atoms with Gasteiger partial charge in [-0.1, -0.05) is 32.9 Å². The highest BCUT2D eigenvalue weighted by Gasteiger charge is 2.13. The summed E-state index contributed by atoms with van der Waals surface area (Å²) in [6.07, 6.45) is 2.36. The monoisotopic (exact) mass is 312 g/mol. The normalized spacial score (nSPS) is 13.7. The molecule has 0 bridgehead atoms. The predicted molar refractivity (Wildman–Crippen MR) is 91.0 cm³/mol. The van der Waals surface area contributed by atoms with Crippen LogP contribution in [0.5, 0.6) is 0 Å². The minimum absolute atomic E-state index is 0.151. The third-order valence-electron chi connectivity index (χ3n) is 3.34. The van der Waals surface area contributed by atoms with Crippen LogP contribution < -0.4 is 5.73 Å². The molecule has 0 fully saturated rings. The summed E-state index contributed by atoms with van der Waals surface area (Å²) in [6.45, 7) is 11.6. The van der Waals surface area contributed by atoms with E-state index in [0.29, 0.717) is 22.5 Å². The summed E-state index contributed by atoms with van der Waals surface area (Å²) in [7, 11) is 0. The zero-order valence-corrected chi connectivity index (χ0v) is 14.5. The largest absolute Gasteiger partial charge is 0.327 e. The Kier molecular flexibility index (Phi) is 7.71. The molecule has 1 aromatic rings. The molecule has 0 aliphatic rings. The molecule has 0 aliphatic carbocycles. The van der Waals surface area contributed by atoms with Gasteiger partial charge in [-0.25, -0.2) is 0 Å². The van der Waals surface area contributed by atoms with Crippen LogP contribution in [0.2, 0.25) is 0 Å². The fourth-order valence-corrected chi connectivity index (χ4v) is 2.75. The van der Waals surface area contributed by atoms with E-state index in [1.54, 1.807) is 6.07 Å². The molecule has 2 nitrogen and oxygen atoms in total. The third kappa shape index (κ3) is 8.44. The van der Waals surface area contributed by atoms with Crippen molar-refractivity contribution in [2.75, 3.05) is 13.1 Å². The van der Waals surface area contributed by atoms with Crippen LogP contribution in [0.1, 0.15) is 46.1 Å². The topological polar surface area (TPSA) is 29.3 Å². The number of hydrogen-bond donors (Lipinski definition) is 1. The third-order valence-corrected chi connectivity index (χ3v) is 3.77. The van der Waals surface area contributed by atoms with Crippen LogP contribution in [-0.2, 0) is 6.54 Å². The Morgan fingerprint density at radius 3 is 2.62 bits per heavy atom. The van der Waals surface area contributed by atoms with Crippen LogP contribution in [0.25, 0.3) is 0 Å².